The molecule has 2 atom stereocenters. The molecule has 0 saturated carbocycles. The third-order valence-corrected chi connectivity index (χ3v) is 6.55. The summed E-state index contributed by atoms with van der Waals surface area (Å²) in [5, 5.41) is 3.37. The lowest BCUT2D eigenvalue weighted by Crippen LogP contribution is -2.39. The second-order valence-corrected chi connectivity index (χ2v) is 8.72. The molecule has 32 heavy (non-hydrogen) atoms. The number of rotatable bonds is 6. The quantitative estimate of drug-likeness (QED) is 0.649. The van der Waals surface area contributed by atoms with Crippen LogP contribution in [-0.4, -0.2) is 37.4 Å². The van der Waals surface area contributed by atoms with Gasteiger partial charge in [0.05, 0.1) is 5.56 Å². The fraction of sp³-hybridized carbons (Fsp3) is 0.480. The molecule has 4 rings (SSSR count). The molecule has 0 aliphatic carbocycles. The Morgan fingerprint density at radius 1 is 1.16 bits per heavy atom. The minimum Gasteiger partial charge on any atom is -0.492 e. The number of hydrogen-bond acceptors (Lipinski definition) is 4. The molecular formula is C25H29F3N2O2. The number of likely N-dealkylation sites (tertiary alicyclic amines) is 1. The van der Waals surface area contributed by atoms with Crippen LogP contribution in [-0.2, 0) is 24.1 Å². The van der Waals surface area contributed by atoms with Crippen LogP contribution in [0.25, 0.3) is 0 Å². The lowest BCUT2D eigenvalue weighted by molar-refractivity contribution is -0.137. The first-order valence-corrected chi connectivity index (χ1v) is 11.2. The molecule has 4 nitrogen and oxygen atoms in total. The van der Waals surface area contributed by atoms with Crippen LogP contribution < -0.4 is 10.1 Å². The van der Waals surface area contributed by atoms with Crippen LogP contribution in [0.1, 0.15) is 47.4 Å². The van der Waals surface area contributed by atoms with Crippen molar-refractivity contribution in [1.29, 1.82) is 0 Å². The molecule has 0 amide bonds. The zero-order chi connectivity index (χ0) is 22.6. The van der Waals surface area contributed by atoms with Crippen LogP contribution >= 0.6 is 0 Å². The van der Waals surface area contributed by atoms with Crippen molar-refractivity contribution < 1.29 is 22.7 Å². The summed E-state index contributed by atoms with van der Waals surface area (Å²) in [6, 6.07) is 11.8. The fourth-order valence-electron chi connectivity index (χ4n) is 4.84. The number of halogens is 3. The highest BCUT2D eigenvalue weighted by Crippen LogP contribution is 2.38. The molecule has 1 saturated heterocycles. The van der Waals surface area contributed by atoms with Crippen LogP contribution in [0.4, 0.5) is 13.2 Å². The van der Waals surface area contributed by atoms with E-state index in [1.165, 1.54) is 5.56 Å². The molecule has 2 unspecified atom stereocenters. The number of fused-ring (bicyclic) bond motifs is 1. The lowest BCUT2D eigenvalue weighted by atomic mass is 9.78. The zero-order valence-corrected chi connectivity index (χ0v) is 18.0. The first-order valence-electron chi connectivity index (χ1n) is 11.2. The number of alkyl halides is 3. The summed E-state index contributed by atoms with van der Waals surface area (Å²) in [7, 11) is 0. The van der Waals surface area contributed by atoms with E-state index in [0.717, 1.165) is 74.3 Å². The summed E-state index contributed by atoms with van der Waals surface area (Å²) >= 11 is 0. The van der Waals surface area contributed by atoms with Crippen molar-refractivity contribution >= 4 is 6.29 Å². The van der Waals surface area contributed by atoms with Crippen molar-refractivity contribution in [2.75, 3.05) is 26.2 Å². The minimum absolute atomic E-state index is 0.270. The predicted molar refractivity (Wildman–Crippen MR) is 117 cm³/mol. The SMILES string of the molecule is O=CCCC1CCN(Cc2ccc(C(F)(F)F)cc2)CC1c1ccc2c(c1)CNCCO2. The third-order valence-electron chi connectivity index (χ3n) is 6.55. The van der Waals surface area contributed by atoms with Crippen LogP contribution in [0.15, 0.2) is 42.5 Å². The maximum Gasteiger partial charge on any atom is 0.416 e. The summed E-state index contributed by atoms with van der Waals surface area (Å²) in [6.07, 6.45) is -0.959. The van der Waals surface area contributed by atoms with E-state index in [1.807, 2.05) is 6.07 Å². The topological polar surface area (TPSA) is 41.6 Å². The number of carbonyl (C=O) groups is 1. The van der Waals surface area contributed by atoms with Crippen molar-refractivity contribution in [3.63, 3.8) is 0 Å². The monoisotopic (exact) mass is 446 g/mol. The third kappa shape index (κ3) is 5.51. The van der Waals surface area contributed by atoms with Gasteiger partial charge in [0.15, 0.2) is 0 Å². The summed E-state index contributed by atoms with van der Waals surface area (Å²) in [5.41, 5.74) is 2.65. The molecule has 0 aromatic heterocycles. The van der Waals surface area contributed by atoms with E-state index < -0.39 is 11.7 Å². The van der Waals surface area contributed by atoms with Gasteiger partial charge in [-0.15, -0.1) is 0 Å². The van der Waals surface area contributed by atoms with Crippen molar-refractivity contribution in [1.82, 2.24) is 10.2 Å². The van der Waals surface area contributed by atoms with Crippen LogP contribution in [0, 0.1) is 5.92 Å². The summed E-state index contributed by atoms with van der Waals surface area (Å²) < 4.78 is 44.4. The maximum absolute atomic E-state index is 12.9. The Hall–Kier alpha value is -2.38. The van der Waals surface area contributed by atoms with E-state index >= 15 is 0 Å². The average Bonchev–Trinajstić information content (AvgIpc) is 3.03. The molecule has 2 aromatic rings. The first kappa shape index (κ1) is 22.8. The number of benzene rings is 2. The van der Waals surface area contributed by atoms with Crippen molar-refractivity contribution in [2.24, 2.45) is 5.92 Å². The first-order chi connectivity index (χ1) is 15.4. The highest BCUT2D eigenvalue weighted by Gasteiger charge is 2.32. The van der Waals surface area contributed by atoms with Crippen LogP contribution in [0.3, 0.4) is 0 Å². The zero-order valence-electron chi connectivity index (χ0n) is 18.0. The van der Waals surface area contributed by atoms with E-state index in [0.29, 0.717) is 25.5 Å². The van der Waals surface area contributed by atoms with E-state index in [4.69, 9.17) is 4.74 Å². The van der Waals surface area contributed by atoms with E-state index in [9.17, 15) is 18.0 Å². The van der Waals surface area contributed by atoms with Gasteiger partial charge in [-0.05, 0) is 60.5 Å². The molecule has 2 aliphatic heterocycles. The van der Waals surface area contributed by atoms with Gasteiger partial charge in [-0.1, -0.05) is 24.3 Å². The number of ether oxygens (including phenoxy) is 1. The van der Waals surface area contributed by atoms with Gasteiger partial charge in [0.25, 0.3) is 0 Å². The Kier molecular flexibility index (Phi) is 7.16. The maximum atomic E-state index is 12.9. The minimum atomic E-state index is -4.32. The molecule has 1 fully saturated rings. The van der Waals surface area contributed by atoms with Gasteiger partial charge in [0.1, 0.15) is 18.6 Å². The van der Waals surface area contributed by atoms with Gasteiger partial charge in [-0.25, -0.2) is 0 Å². The normalized spacial score (nSPS) is 22.0. The number of hydrogen-bond donors (Lipinski definition) is 1. The fourth-order valence-corrected chi connectivity index (χ4v) is 4.84. The standard InChI is InChI=1S/C25H29F3N2O2/c26-25(27,28)22-6-3-18(4-7-22)16-30-11-9-19(2-1-12-31)23(17-30)20-5-8-24-21(14-20)15-29-10-13-32-24/h3-8,12,14,19,23,29H,1-2,9-11,13,15-17H2. The second-order valence-electron chi connectivity index (χ2n) is 8.72. The Balaban J connectivity index is 1.51. The molecule has 2 heterocycles. The highest BCUT2D eigenvalue weighted by atomic mass is 19.4. The summed E-state index contributed by atoms with van der Waals surface area (Å²) in [5.74, 6) is 1.59. The largest absolute Gasteiger partial charge is 0.492 e. The Bertz CT molecular complexity index is 914. The molecule has 7 heteroatoms. The van der Waals surface area contributed by atoms with Gasteiger partial charge in [0, 0.05) is 38.2 Å². The molecule has 0 spiro atoms. The number of piperidine rings is 1. The number of carbonyl (C=O) groups excluding carboxylic acids is 1. The Labute approximate surface area is 186 Å². The van der Waals surface area contributed by atoms with Gasteiger partial charge in [-0.3, -0.25) is 4.90 Å². The molecule has 1 N–H and O–H groups in total. The second kappa shape index (κ2) is 10.0. The molecular weight excluding hydrogens is 417 g/mol. The highest BCUT2D eigenvalue weighted by molar-refractivity contribution is 5.49. The van der Waals surface area contributed by atoms with Crippen LogP contribution in [0.5, 0.6) is 5.75 Å². The van der Waals surface area contributed by atoms with E-state index in [1.54, 1.807) is 12.1 Å². The van der Waals surface area contributed by atoms with Crippen LogP contribution in [0.2, 0.25) is 0 Å². The Morgan fingerprint density at radius 3 is 2.72 bits per heavy atom. The predicted octanol–water partition coefficient (Wildman–Crippen LogP) is 4.77. The molecule has 2 aliphatic rings. The smallest absolute Gasteiger partial charge is 0.416 e. The Morgan fingerprint density at radius 2 is 1.97 bits per heavy atom. The summed E-state index contributed by atoms with van der Waals surface area (Å²) in [6.45, 7) is 4.54. The molecule has 0 bridgehead atoms. The number of nitrogens with zero attached hydrogens (tertiary/aromatic N) is 1. The van der Waals surface area contributed by atoms with Gasteiger partial charge < -0.3 is 14.8 Å². The van der Waals surface area contributed by atoms with E-state index in [2.05, 4.69) is 22.3 Å². The van der Waals surface area contributed by atoms with Crippen molar-refractivity contribution in [3.05, 3.63) is 64.7 Å². The van der Waals surface area contributed by atoms with Crippen molar-refractivity contribution in [2.45, 2.75) is 44.4 Å². The number of nitrogens with one attached hydrogen (secondary N) is 1. The summed E-state index contributed by atoms with van der Waals surface area (Å²) in [4.78, 5) is 13.3. The molecule has 172 valence electrons. The van der Waals surface area contributed by atoms with E-state index in [-0.39, 0.29) is 5.92 Å². The molecule has 2 aromatic carbocycles. The van der Waals surface area contributed by atoms with Gasteiger partial charge in [0.2, 0.25) is 0 Å². The van der Waals surface area contributed by atoms with Gasteiger partial charge >= 0.3 is 6.18 Å². The number of aldehydes is 1. The van der Waals surface area contributed by atoms with Gasteiger partial charge in [-0.2, -0.15) is 13.2 Å². The lowest BCUT2D eigenvalue weighted by Gasteiger charge is -2.39. The molecule has 0 radical (unpaired) electrons. The average molecular weight is 447 g/mol. The van der Waals surface area contributed by atoms with Crippen molar-refractivity contribution in [3.8, 4) is 5.75 Å².